The second-order valence-electron chi connectivity index (χ2n) is 8.22. The van der Waals surface area contributed by atoms with Gasteiger partial charge >= 0.3 is 12.1 Å². The lowest BCUT2D eigenvalue weighted by Crippen LogP contribution is -2.08. The highest BCUT2D eigenvalue weighted by Crippen LogP contribution is 2.36. The zero-order valence-electron chi connectivity index (χ0n) is 17.8. The summed E-state index contributed by atoms with van der Waals surface area (Å²) in [5, 5.41) is 14.9. The fourth-order valence-corrected chi connectivity index (χ4v) is 4.15. The Morgan fingerprint density at radius 3 is 2.18 bits per heavy atom. The van der Waals surface area contributed by atoms with Crippen LogP contribution in [0.25, 0.3) is 0 Å². The van der Waals surface area contributed by atoms with Crippen LogP contribution < -0.4 is 10.6 Å². The number of carboxylic acid groups (broad SMARTS) is 1. The van der Waals surface area contributed by atoms with E-state index in [2.05, 4.69) is 15.6 Å². The SMILES string of the molecule is O=C(O)c1cccc(Nc2cc(Nc3ccc(C4CCCCC4)cc3)cc(C(F)(F)F)c2)n1. The zero-order chi connectivity index (χ0) is 23.4. The van der Waals surface area contributed by atoms with E-state index in [1.807, 2.05) is 24.3 Å². The van der Waals surface area contributed by atoms with E-state index in [9.17, 15) is 18.0 Å². The Morgan fingerprint density at radius 2 is 1.55 bits per heavy atom. The Kier molecular flexibility index (Phi) is 6.53. The van der Waals surface area contributed by atoms with Gasteiger partial charge in [0.2, 0.25) is 0 Å². The third-order valence-corrected chi connectivity index (χ3v) is 5.78. The molecule has 1 aliphatic carbocycles. The molecule has 1 saturated carbocycles. The van der Waals surface area contributed by atoms with Gasteiger partial charge in [-0.1, -0.05) is 37.5 Å². The lowest BCUT2D eigenvalue weighted by atomic mass is 9.84. The first-order chi connectivity index (χ1) is 15.8. The van der Waals surface area contributed by atoms with Gasteiger partial charge in [0, 0.05) is 17.1 Å². The monoisotopic (exact) mass is 455 g/mol. The standard InChI is InChI=1S/C25H24F3N3O2/c26-25(27,28)18-13-20(15-21(14-18)30-23-8-4-7-22(31-23)24(32)33)29-19-11-9-17(10-12-19)16-5-2-1-3-6-16/h4,7-16,29H,1-3,5-6H2,(H,30,31)(H,32,33). The Balaban J connectivity index is 1.57. The zero-order valence-corrected chi connectivity index (χ0v) is 17.8. The molecule has 2 aromatic carbocycles. The van der Waals surface area contributed by atoms with Crippen LogP contribution in [0.1, 0.15) is 59.6 Å². The molecule has 0 bridgehead atoms. The van der Waals surface area contributed by atoms with Crippen molar-refractivity contribution in [3.8, 4) is 0 Å². The predicted molar refractivity (Wildman–Crippen MR) is 121 cm³/mol. The number of benzene rings is 2. The van der Waals surface area contributed by atoms with Crippen molar-refractivity contribution in [2.24, 2.45) is 0 Å². The van der Waals surface area contributed by atoms with E-state index in [0.29, 0.717) is 11.6 Å². The van der Waals surface area contributed by atoms with Crippen LogP contribution in [-0.2, 0) is 6.18 Å². The predicted octanol–water partition coefficient (Wildman–Crippen LogP) is 7.33. The number of halogens is 3. The number of hydrogen-bond acceptors (Lipinski definition) is 4. The Hall–Kier alpha value is -3.55. The highest BCUT2D eigenvalue weighted by Gasteiger charge is 2.31. The maximum Gasteiger partial charge on any atom is 0.416 e. The topological polar surface area (TPSA) is 74.2 Å². The summed E-state index contributed by atoms with van der Waals surface area (Å²) in [4.78, 5) is 15.0. The van der Waals surface area contributed by atoms with Gasteiger partial charge in [0.15, 0.2) is 5.69 Å². The minimum Gasteiger partial charge on any atom is -0.477 e. The lowest BCUT2D eigenvalue weighted by molar-refractivity contribution is -0.137. The molecule has 0 atom stereocenters. The first-order valence-corrected chi connectivity index (χ1v) is 10.8. The highest BCUT2D eigenvalue weighted by molar-refractivity contribution is 5.86. The number of carbonyl (C=O) groups is 1. The molecule has 0 saturated heterocycles. The van der Waals surface area contributed by atoms with Crippen LogP contribution in [0.4, 0.5) is 36.1 Å². The number of aromatic nitrogens is 1. The number of nitrogens with zero attached hydrogens (tertiary/aromatic N) is 1. The number of aromatic carboxylic acids is 1. The summed E-state index contributed by atoms with van der Waals surface area (Å²) in [6.07, 6.45) is 1.54. The Labute approximate surface area is 189 Å². The first-order valence-electron chi connectivity index (χ1n) is 10.8. The van der Waals surface area contributed by atoms with Gasteiger partial charge in [-0.2, -0.15) is 13.2 Å². The van der Waals surface area contributed by atoms with Gasteiger partial charge in [-0.05, 0) is 66.8 Å². The summed E-state index contributed by atoms with van der Waals surface area (Å²) in [6, 6.07) is 15.6. The van der Waals surface area contributed by atoms with Crippen molar-refractivity contribution >= 4 is 28.8 Å². The largest absolute Gasteiger partial charge is 0.477 e. The van der Waals surface area contributed by atoms with Crippen LogP contribution in [0.3, 0.4) is 0 Å². The van der Waals surface area contributed by atoms with E-state index in [1.165, 1.54) is 61.9 Å². The Bertz CT molecular complexity index is 1120. The van der Waals surface area contributed by atoms with E-state index in [4.69, 9.17) is 5.11 Å². The van der Waals surface area contributed by atoms with Crippen molar-refractivity contribution < 1.29 is 23.1 Å². The number of rotatable bonds is 6. The third kappa shape index (κ3) is 5.83. The highest BCUT2D eigenvalue weighted by atomic mass is 19.4. The molecule has 0 radical (unpaired) electrons. The van der Waals surface area contributed by atoms with Crippen LogP contribution in [0, 0.1) is 0 Å². The minimum atomic E-state index is -4.55. The molecule has 1 heterocycles. The van der Waals surface area contributed by atoms with Crippen molar-refractivity contribution in [3.63, 3.8) is 0 Å². The third-order valence-electron chi connectivity index (χ3n) is 5.78. The summed E-state index contributed by atoms with van der Waals surface area (Å²) >= 11 is 0. The molecule has 172 valence electrons. The smallest absolute Gasteiger partial charge is 0.416 e. The first kappa shape index (κ1) is 22.6. The average molecular weight is 455 g/mol. The molecule has 0 aliphatic heterocycles. The molecule has 4 rings (SSSR count). The molecule has 1 aromatic heterocycles. The van der Waals surface area contributed by atoms with Crippen LogP contribution >= 0.6 is 0 Å². The van der Waals surface area contributed by atoms with Crippen molar-refractivity contribution in [1.82, 2.24) is 4.98 Å². The van der Waals surface area contributed by atoms with Crippen LogP contribution in [-0.4, -0.2) is 16.1 Å². The molecule has 0 unspecified atom stereocenters. The van der Waals surface area contributed by atoms with Gasteiger partial charge in [0.25, 0.3) is 0 Å². The molecular weight excluding hydrogens is 431 g/mol. The Morgan fingerprint density at radius 1 is 0.879 bits per heavy atom. The van der Waals surface area contributed by atoms with Crippen molar-refractivity contribution in [2.45, 2.75) is 44.2 Å². The summed E-state index contributed by atoms with van der Waals surface area (Å²) in [6.45, 7) is 0. The maximum atomic E-state index is 13.5. The molecule has 0 spiro atoms. The number of carboxylic acids is 1. The second-order valence-corrected chi connectivity index (χ2v) is 8.22. The van der Waals surface area contributed by atoms with E-state index in [0.717, 1.165) is 12.1 Å². The summed E-state index contributed by atoms with van der Waals surface area (Å²) in [7, 11) is 0. The molecule has 8 heteroatoms. The van der Waals surface area contributed by atoms with E-state index in [1.54, 1.807) is 0 Å². The fraction of sp³-hybridized carbons (Fsp3) is 0.280. The normalized spacial score (nSPS) is 14.6. The fourth-order valence-electron chi connectivity index (χ4n) is 4.15. The lowest BCUT2D eigenvalue weighted by Gasteiger charge is -2.22. The molecule has 5 nitrogen and oxygen atoms in total. The number of hydrogen-bond donors (Lipinski definition) is 3. The number of alkyl halides is 3. The average Bonchev–Trinajstić information content (AvgIpc) is 2.79. The molecule has 1 fully saturated rings. The number of nitrogens with one attached hydrogen (secondary N) is 2. The number of pyridine rings is 1. The van der Waals surface area contributed by atoms with Gasteiger partial charge in [-0.15, -0.1) is 0 Å². The van der Waals surface area contributed by atoms with Crippen molar-refractivity contribution in [3.05, 3.63) is 77.5 Å². The quantitative estimate of drug-likeness (QED) is 0.363. The van der Waals surface area contributed by atoms with Gasteiger partial charge in [-0.3, -0.25) is 0 Å². The molecule has 1 aliphatic rings. The minimum absolute atomic E-state index is 0.136. The molecule has 0 amide bonds. The van der Waals surface area contributed by atoms with Crippen LogP contribution in [0.2, 0.25) is 0 Å². The van der Waals surface area contributed by atoms with Crippen molar-refractivity contribution in [2.75, 3.05) is 10.6 Å². The maximum absolute atomic E-state index is 13.5. The molecule has 3 N–H and O–H groups in total. The van der Waals surface area contributed by atoms with Crippen LogP contribution in [0.5, 0.6) is 0 Å². The van der Waals surface area contributed by atoms with Gasteiger partial charge < -0.3 is 15.7 Å². The summed E-state index contributed by atoms with van der Waals surface area (Å²) < 4.78 is 40.5. The molecular formula is C25H24F3N3O2. The molecule has 33 heavy (non-hydrogen) atoms. The molecule has 3 aromatic rings. The van der Waals surface area contributed by atoms with E-state index < -0.39 is 17.7 Å². The van der Waals surface area contributed by atoms with Gasteiger partial charge in [-0.25, -0.2) is 9.78 Å². The van der Waals surface area contributed by atoms with Crippen molar-refractivity contribution in [1.29, 1.82) is 0 Å². The summed E-state index contributed by atoms with van der Waals surface area (Å²) in [5.74, 6) is -0.537. The van der Waals surface area contributed by atoms with Gasteiger partial charge in [0.05, 0.1) is 5.56 Å². The second kappa shape index (κ2) is 9.52. The summed E-state index contributed by atoms with van der Waals surface area (Å²) in [5.41, 5.74) is 1.31. The van der Waals surface area contributed by atoms with E-state index in [-0.39, 0.29) is 22.9 Å². The van der Waals surface area contributed by atoms with E-state index >= 15 is 0 Å². The van der Waals surface area contributed by atoms with Crippen LogP contribution in [0.15, 0.2) is 60.7 Å². The number of anilines is 4. The van der Waals surface area contributed by atoms with Gasteiger partial charge in [0.1, 0.15) is 5.82 Å².